The van der Waals surface area contributed by atoms with Crippen molar-refractivity contribution in [1.82, 2.24) is 24.8 Å². The largest absolute Gasteiger partial charge is 0.450 e. The highest BCUT2D eigenvalue weighted by Crippen LogP contribution is 2.35. The maximum atomic E-state index is 12.9. The first-order valence-corrected chi connectivity index (χ1v) is 10.9. The van der Waals surface area contributed by atoms with Crippen molar-refractivity contribution >= 4 is 40.6 Å². The smallest absolute Gasteiger partial charge is 0.417 e. The summed E-state index contributed by atoms with van der Waals surface area (Å²) in [6.07, 6.45) is -1.40. The highest BCUT2D eigenvalue weighted by molar-refractivity contribution is 6.31. The molecule has 2 aromatic heterocycles. The standard InChI is InChI=1S/C21H25ClF3N7O2/c1-31(2)19-29-17(26)16-18(30-19)32(12-28-16)8-4-3-5-9-34-20(33)27-11-13-6-7-15(22)14(10-13)21(23,24)25/h6-7,10,12H,3-5,8-9,11H2,1-2H3,(H,27,33)(H2,26,29,30). The van der Waals surface area contributed by atoms with Gasteiger partial charge >= 0.3 is 12.3 Å². The Morgan fingerprint density at radius 1 is 1.24 bits per heavy atom. The number of aromatic nitrogens is 4. The van der Waals surface area contributed by atoms with Crippen molar-refractivity contribution in [2.75, 3.05) is 31.3 Å². The second-order valence-electron chi connectivity index (χ2n) is 7.78. The van der Waals surface area contributed by atoms with Gasteiger partial charge in [0.15, 0.2) is 11.5 Å². The highest BCUT2D eigenvalue weighted by atomic mass is 35.5. The number of nitrogens with one attached hydrogen (secondary N) is 1. The predicted octanol–water partition coefficient (Wildman–Crippen LogP) is 4.24. The Bertz CT molecular complexity index is 1150. The quantitative estimate of drug-likeness (QED) is 0.423. The van der Waals surface area contributed by atoms with Gasteiger partial charge < -0.3 is 25.3 Å². The SMILES string of the molecule is CN(C)c1nc(N)c2ncn(CCCCCOC(=O)NCc3ccc(Cl)c(C(F)(F)F)c3)c2n1. The van der Waals surface area contributed by atoms with Crippen LogP contribution < -0.4 is 16.0 Å². The number of halogens is 4. The molecule has 13 heteroatoms. The number of nitrogen functional groups attached to an aromatic ring is 1. The van der Waals surface area contributed by atoms with Gasteiger partial charge in [0.2, 0.25) is 5.95 Å². The van der Waals surface area contributed by atoms with Crippen molar-refractivity contribution < 1.29 is 22.7 Å². The zero-order chi connectivity index (χ0) is 24.9. The van der Waals surface area contributed by atoms with Crippen LogP contribution in [0, 0.1) is 0 Å². The minimum Gasteiger partial charge on any atom is -0.450 e. The molecule has 34 heavy (non-hydrogen) atoms. The van der Waals surface area contributed by atoms with E-state index < -0.39 is 22.9 Å². The summed E-state index contributed by atoms with van der Waals surface area (Å²) in [6.45, 7) is 0.738. The molecule has 3 N–H and O–H groups in total. The van der Waals surface area contributed by atoms with Crippen molar-refractivity contribution in [3.05, 3.63) is 40.7 Å². The molecule has 1 amide bonds. The third-order valence-corrected chi connectivity index (χ3v) is 5.26. The number of carbonyl (C=O) groups excluding carboxylic acids is 1. The van der Waals surface area contributed by atoms with E-state index >= 15 is 0 Å². The summed E-state index contributed by atoms with van der Waals surface area (Å²) < 4.78 is 45.7. The van der Waals surface area contributed by atoms with E-state index in [-0.39, 0.29) is 18.7 Å². The molecule has 0 aliphatic rings. The number of imidazole rings is 1. The molecular formula is C21H25ClF3N7O2. The normalized spacial score (nSPS) is 11.6. The number of fused-ring (bicyclic) bond motifs is 1. The van der Waals surface area contributed by atoms with Crippen LogP contribution in [0.1, 0.15) is 30.4 Å². The summed E-state index contributed by atoms with van der Waals surface area (Å²) in [5.74, 6) is 0.819. The molecular weight excluding hydrogens is 475 g/mol. The second-order valence-corrected chi connectivity index (χ2v) is 8.18. The number of hydrogen-bond acceptors (Lipinski definition) is 7. The van der Waals surface area contributed by atoms with Crippen LogP contribution in [0.2, 0.25) is 5.02 Å². The Hall–Kier alpha value is -3.28. The molecule has 0 spiro atoms. The number of carbonyl (C=O) groups is 1. The van der Waals surface area contributed by atoms with E-state index in [1.807, 2.05) is 18.7 Å². The maximum absolute atomic E-state index is 12.9. The van der Waals surface area contributed by atoms with E-state index in [0.29, 0.717) is 35.9 Å². The summed E-state index contributed by atoms with van der Waals surface area (Å²) in [4.78, 5) is 26.6. The number of aryl methyl sites for hydroxylation is 1. The van der Waals surface area contributed by atoms with E-state index in [1.165, 1.54) is 6.07 Å². The lowest BCUT2D eigenvalue weighted by molar-refractivity contribution is -0.137. The summed E-state index contributed by atoms with van der Waals surface area (Å²) in [5.41, 5.74) is 6.49. The molecule has 0 atom stereocenters. The molecule has 0 unspecified atom stereocenters. The molecule has 9 nitrogen and oxygen atoms in total. The predicted molar refractivity (Wildman–Crippen MR) is 123 cm³/mol. The van der Waals surface area contributed by atoms with Crippen LogP contribution in [0.4, 0.5) is 29.7 Å². The average Bonchev–Trinajstić information content (AvgIpc) is 3.18. The van der Waals surface area contributed by atoms with Crippen LogP contribution in [0.25, 0.3) is 11.2 Å². The molecule has 0 bridgehead atoms. The van der Waals surface area contributed by atoms with Crippen LogP contribution >= 0.6 is 11.6 Å². The number of nitrogens with two attached hydrogens (primary N) is 1. The number of amides is 1. The Labute approximate surface area is 199 Å². The number of hydrogen-bond donors (Lipinski definition) is 2. The third kappa shape index (κ3) is 6.40. The molecule has 2 heterocycles. The first-order chi connectivity index (χ1) is 16.1. The van der Waals surface area contributed by atoms with E-state index in [0.717, 1.165) is 25.0 Å². The first kappa shape index (κ1) is 25.3. The molecule has 0 saturated heterocycles. The molecule has 3 rings (SSSR count). The topological polar surface area (TPSA) is 111 Å². The molecule has 0 saturated carbocycles. The van der Waals surface area contributed by atoms with Crippen molar-refractivity contribution in [3.63, 3.8) is 0 Å². The van der Waals surface area contributed by atoms with Gasteiger partial charge in [0, 0.05) is 27.2 Å². The van der Waals surface area contributed by atoms with E-state index in [9.17, 15) is 18.0 Å². The van der Waals surface area contributed by atoms with Crippen LogP contribution in [-0.2, 0) is 24.0 Å². The zero-order valence-corrected chi connectivity index (χ0v) is 19.4. The number of rotatable bonds is 9. The molecule has 3 aromatic rings. The molecule has 0 aliphatic carbocycles. The van der Waals surface area contributed by atoms with Crippen LogP contribution in [-0.4, -0.2) is 46.3 Å². The van der Waals surface area contributed by atoms with Crippen LogP contribution in [0.5, 0.6) is 0 Å². The number of ether oxygens (including phenoxy) is 1. The lowest BCUT2D eigenvalue weighted by atomic mass is 10.1. The van der Waals surface area contributed by atoms with Gasteiger partial charge in [-0.2, -0.15) is 23.1 Å². The molecule has 0 fully saturated rings. The van der Waals surface area contributed by atoms with Gasteiger partial charge in [-0.05, 0) is 37.0 Å². The van der Waals surface area contributed by atoms with Gasteiger partial charge in [0.25, 0.3) is 0 Å². The molecule has 184 valence electrons. The van der Waals surface area contributed by atoms with E-state index in [4.69, 9.17) is 22.1 Å². The van der Waals surface area contributed by atoms with Gasteiger partial charge in [-0.25, -0.2) is 9.78 Å². The second kappa shape index (κ2) is 10.8. The van der Waals surface area contributed by atoms with Crippen molar-refractivity contribution in [2.45, 2.75) is 38.5 Å². The van der Waals surface area contributed by atoms with Crippen LogP contribution in [0.3, 0.4) is 0 Å². The summed E-state index contributed by atoms with van der Waals surface area (Å²) in [7, 11) is 3.65. The molecule has 0 radical (unpaired) electrons. The summed E-state index contributed by atoms with van der Waals surface area (Å²) in [6, 6.07) is 3.47. The monoisotopic (exact) mass is 499 g/mol. The van der Waals surface area contributed by atoms with Crippen LogP contribution in [0.15, 0.2) is 24.5 Å². The highest BCUT2D eigenvalue weighted by Gasteiger charge is 2.33. The number of unbranched alkanes of at least 4 members (excludes halogenated alkanes) is 2. The third-order valence-electron chi connectivity index (χ3n) is 4.93. The van der Waals surface area contributed by atoms with Gasteiger partial charge in [0.1, 0.15) is 5.52 Å². The lowest BCUT2D eigenvalue weighted by Crippen LogP contribution is -2.24. The van der Waals surface area contributed by atoms with Crippen molar-refractivity contribution in [1.29, 1.82) is 0 Å². The van der Waals surface area contributed by atoms with Crippen molar-refractivity contribution in [2.24, 2.45) is 0 Å². The minimum absolute atomic E-state index is 0.104. The zero-order valence-electron chi connectivity index (χ0n) is 18.7. The van der Waals surface area contributed by atoms with Gasteiger partial charge in [-0.1, -0.05) is 17.7 Å². The number of alkyl carbamates (subject to hydrolysis) is 1. The van der Waals surface area contributed by atoms with Gasteiger partial charge in [-0.3, -0.25) is 0 Å². The summed E-state index contributed by atoms with van der Waals surface area (Å²) >= 11 is 5.59. The maximum Gasteiger partial charge on any atom is 0.417 e. The Morgan fingerprint density at radius 2 is 2.00 bits per heavy atom. The fraction of sp³-hybridized carbons (Fsp3) is 0.429. The van der Waals surface area contributed by atoms with E-state index in [2.05, 4.69) is 20.3 Å². The van der Waals surface area contributed by atoms with Gasteiger partial charge in [-0.15, -0.1) is 0 Å². The van der Waals surface area contributed by atoms with Gasteiger partial charge in [0.05, 0.1) is 23.5 Å². The number of anilines is 2. The van der Waals surface area contributed by atoms with E-state index in [1.54, 1.807) is 11.2 Å². The minimum atomic E-state index is -4.56. The first-order valence-electron chi connectivity index (χ1n) is 10.5. The average molecular weight is 500 g/mol. The Balaban J connectivity index is 1.39. The Morgan fingerprint density at radius 3 is 2.71 bits per heavy atom. The number of benzene rings is 1. The molecule has 1 aromatic carbocycles. The molecule has 0 aliphatic heterocycles. The Kier molecular flexibility index (Phi) is 8.02. The number of nitrogens with zero attached hydrogens (tertiary/aromatic N) is 5. The van der Waals surface area contributed by atoms with Crippen molar-refractivity contribution in [3.8, 4) is 0 Å². The lowest BCUT2D eigenvalue weighted by Gasteiger charge is -2.12. The summed E-state index contributed by atoms with van der Waals surface area (Å²) in [5, 5.41) is 2.04. The fourth-order valence-corrected chi connectivity index (χ4v) is 3.39. The fourth-order valence-electron chi connectivity index (χ4n) is 3.17. The number of alkyl halides is 3.